The van der Waals surface area contributed by atoms with E-state index in [1.165, 1.54) is 0 Å². The molecular formula is C10H16N2O2. The second-order valence-corrected chi connectivity index (χ2v) is 2.91. The third-order valence-corrected chi connectivity index (χ3v) is 1.82. The van der Waals surface area contributed by atoms with Crippen LogP contribution in [0.5, 0.6) is 5.75 Å². The summed E-state index contributed by atoms with van der Waals surface area (Å²) in [6, 6.07) is 3.67. The zero-order chi connectivity index (χ0) is 10.2. The number of nitrogens with zero attached hydrogens (tertiary/aromatic N) is 1. The SMILES string of the molecule is NCCCc1ncccc1OCCO. The second kappa shape index (κ2) is 6.34. The molecule has 0 aromatic carbocycles. The molecule has 0 aliphatic rings. The summed E-state index contributed by atoms with van der Waals surface area (Å²) in [5, 5.41) is 8.63. The normalized spacial score (nSPS) is 10.1. The molecule has 78 valence electrons. The molecule has 4 heteroatoms. The predicted octanol–water partition coefficient (Wildman–Crippen LogP) is 0.344. The van der Waals surface area contributed by atoms with E-state index in [9.17, 15) is 0 Å². The molecule has 0 spiro atoms. The summed E-state index contributed by atoms with van der Waals surface area (Å²) < 4.78 is 5.33. The van der Waals surface area contributed by atoms with Crippen LogP contribution in [0.3, 0.4) is 0 Å². The summed E-state index contributed by atoms with van der Waals surface area (Å²) in [6.45, 7) is 0.975. The number of aliphatic hydroxyl groups excluding tert-OH is 1. The van der Waals surface area contributed by atoms with Crippen molar-refractivity contribution >= 4 is 0 Å². The van der Waals surface area contributed by atoms with Crippen LogP contribution in [-0.4, -0.2) is 29.8 Å². The number of aryl methyl sites for hydroxylation is 1. The fraction of sp³-hybridized carbons (Fsp3) is 0.500. The van der Waals surface area contributed by atoms with Crippen molar-refractivity contribution in [2.24, 2.45) is 5.73 Å². The highest BCUT2D eigenvalue weighted by Crippen LogP contribution is 2.16. The third-order valence-electron chi connectivity index (χ3n) is 1.82. The van der Waals surface area contributed by atoms with Crippen LogP contribution in [0.15, 0.2) is 18.3 Å². The van der Waals surface area contributed by atoms with Crippen LogP contribution in [0.2, 0.25) is 0 Å². The number of aliphatic hydroxyl groups is 1. The molecule has 0 aliphatic heterocycles. The van der Waals surface area contributed by atoms with Crippen LogP contribution in [0.1, 0.15) is 12.1 Å². The number of aromatic nitrogens is 1. The molecule has 0 radical (unpaired) electrons. The molecule has 3 N–H and O–H groups in total. The Hall–Kier alpha value is -1.13. The summed E-state index contributed by atoms with van der Waals surface area (Å²) >= 11 is 0. The number of nitrogens with two attached hydrogens (primary N) is 1. The molecule has 1 rings (SSSR count). The van der Waals surface area contributed by atoms with Gasteiger partial charge in [-0.15, -0.1) is 0 Å². The van der Waals surface area contributed by atoms with Crippen molar-refractivity contribution in [3.63, 3.8) is 0 Å². The van der Waals surface area contributed by atoms with Crippen LogP contribution >= 0.6 is 0 Å². The van der Waals surface area contributed by atoms with Crippen molar-refractivity contribution in [2.45, 2.75) is 12.8 Å². The minimum atomic E-state index is 0.0191. The highest BCUT2D eigenvalue weighted by molar-refractivity contribution is 5.26. The fourth-order valence-corrected chi connectivity index (χ4v) is 1.17. The first-order chi connectivity index (χ1) is 6.88. The van der Waals surface area contributed by atoms with Gasteiger partial charge in [0.25, 0.3) is 0 Å². The van der Waals surface area contributed by atoms with Gasteiger partial charge in [0, 0.05) is 6.20 Å². The average Bonchev–Trinajstić information content (AvgIpc) is 2.24. The standard InChI is InChI=1S/C10H16N2O2/c11-5-1-3-9-10(14-8-7-13)4-2-6-12-9/h2,4,6,13H,1,3,5,7-8,11H2. The maximum absolute atomic E-state index is 8.63. The van der Waals surface area contributed by atoms with E-state index in [1.54, 1.807) is 6.20 Å². The van der Waals surface area contributed by atoms with Gasteiger partial charge in [-0.25, -0.2) is 0 Å². The molecule has 0 saturated heterocycles. The Morgan fingerprint density at radius 1 is 1.50 bits per heavy atom. The van der Waals surface area contributed by atoms with Crippen LogP contribution < -0.4 is 10.5 Å². The number of pyridine rings is 1. The molecule has 1 heterocycles. The lowest BCUT2D eigenvalue weighted by atomic mass is 10.2. The lowest BCUT2D eigenvalue weighted by Gasteiger charge is -2.08. The van der Waals surface area contributed by atoms with E-state index in [0.717, 1.165) is 24.3 Å². The molecule has 4 nitrogen and oxygen atoms in total. The first-order valence-corrected chi connectivity index (χ1v) is 4.76. The highest BCUT2D eigenvalue weighted by atomic mass is 16.5. The fourth-order valence-electron chi connectivity index (χ4n) is 1.17. The highest BCUT2D eigenvalue weighted by Gasteiger charge is 2.03. The van der Waals surface area contributed by atoms with Crippen LogP contribution in [0.4, 0.5) is 0 Å². The Morgan fingerprint density at radius 2 is 2.36 bits per heavy atom. The summed E-state index contributed by atoms with van der Waals surface area (Å²) in [6.07, 6.45) is 3.45. The first kappa shape index (κ1) is 10.9. The summed E-state index contributed by atoms with van der Waals surface area (Å²) in [7, 11) is 0. The van der Waals surface area contributed by atoms with Gasteiger partial charge >= 0.3 is 0 Å². The van der Waals surface area contributed by atoms with E-state index in [-0.39, 0.29) is 6.61 Å². The molecule has 0 bridgehead atoms. The maximum atomic E-state index is 8.63. The molecular weight excluding hydrogens is 180 g/mol. The Balaban J connectivity index is 2.60. The molecule has 0 amide bonds. The van der Waals surface area contributed by atoms with E-state index in [1.807, 2.05) is 12.1 Å². The predicted molar refractivity (Wildman–Crippen MR) is 54.2 cm³/mol. The van der Waals surface area contributed by atoms with E-state index in [4.69, 9.17) is 15.6 Å². The Bertz CT molecular complexity index is 239. The van der Waals surface area contributed by atoms with E-state index in [0.29, 0.717) is 13.2 Å². The van der Waals surface area contributed by atoms with E-state index < -0.39 is 0 Å². The van der Waals surface area contributed by atoms with Crippen molar-refractivity contribution in [3.05, 3.63) is 24.0 Å². The van der Waals surface area contributed by atoms with Gasteiger partial charge in [0.1, 0.15) is 12.4 Å². The van der Waals surface area contributed by atoms with Gasteiger partial charge in [0.05, 0.1) is 12.3 Å². The van der Waals surface area contributed by atoms with Gasteiger partial charge in [0.15, 0.2) is 0 Å². The Morgan fingerprint density at radius 3 is 3.07 bits per heavy atom. The van der Waals surface area contributed by atoms with Gasteiger partial charge in [-0.1, -0.05) is 0 Å². The molecule has 0 saturated carbocycles. The van der Waals surface area contributed by atoms with Crippen LogP contribution in [-0.2, 0) is 6.42 Å². The van der Waals surface area contributed by atoms with Gasteiger partial charge in [-0.05, 0) is 31.5 Å². The summed E-state index contributed by atoms with van der Waals surface area (Å²) in [5.74, 6) is 0.745. The summed E-state index contributed by atoms with van der Waals surface area (Å²) in [5.41, 5.74) is 6.33. The van der Waals surface area contributed by atoms with Crippen molar-refractivity contribution < 1.29 is 9.84 Å². The number of hydrogen-bond donors (Lipinski definition) is 2. The molecule has 14 heavy (non-hydrogen) atoms. The van der Waals surface area contributed by atoms with Gasteiger partial charge in [-0.2, -0.15) is 0 Å². The zero-order valence-electron chi connectivity index (χ0n) is 8.15. The second-order valence-electron chi connectivity index (χ2n) is 2.91. The van der Waals surface area contributed by atoms with Gasteiger partial charge < -0.3 is 15.6 Å². The zero-order valence-corrected chi connectivity index (χ0v) is 8.15. The molecule has 0 aliphatic carbocycles. The maximum Gasteiger partial charge on any atom is 0.140 e. The molecule has 0 fully saturated rings. The van der Waals surface area contributed by atoms with Crippen molar-refractivity contribution in [1.82, 2.24) is 4.98 Å². The monoisotopic (exact) mass is 196 g/mol. The Labute approximate surface area is 83.7 Å². The largest absolute Gasteiger partial charge is 0.489 e. The van der Waals surface area contributed by atoms with E-state index >= 15 is 0 Å². The molecule has 0 unspecified atom stereocenters. The topological polar surface area (TPSA) is 68.4 Å². The van der Waals surface area contributed by atoms with Crippen LogP contribution in [0.25, 0.3) is 0 Å². The number of hydrogen-bond acceptors (Lipinski definition) is 4. The number of ether oxygens (including phenoxy) is 1. The van der Waals surface area contributed by atoms with Crippen molar-refractivity contribution in [2.75, 3.05) is 19.8 Å². The number of rotatable bonds is 6. The average molecular weight is 196 g/mol. The smallest absolute Gasteiger partial charge is 0.140 e. The molecule has 0 atom stereocenters. The minimum absolute atomic E-state index is 0.0191. The lowest BCUT2D eigenvalue weighted by molar-refractivity contribution is 0.199. The summed E-state index contributed by atoms with van der Waals surface area (Å²) in [4.78, 5) is 4.21. The quantitative estimate of drug-likeness (QED) is 0.688. The lowest BCUT2D eigenvalue weighted by Crippen LogP contribution is -2.06. The Kier molecular flexibility index (Phi) is 4.96. The van der Waals surface area contributed by atoms with Crippen molar-refractivity contribution in [3.8, 4) is 5.75 Å². The van der Waals surface area contributed by atoms with Gasteiger partial charge in [0.2, 0.25) is 0 Å². The molecule has 1 aromatic rings. The van der Waals surface area contributed by atoms with Crippen LogP contribution in [0, 0.1) is 0 Å². The third kappa shape index (κ3) is 3.32. The minimum Gasteiger partial charge on any atom is -0.489 e. The van der Waals surface area contributed by atoms with Gasteiger partial charge in [-0.3, -0.25) is 4.98 Å². The van der Waals surface area contributed by atoms with Crippen molar-refractivity contribution in [1.29, 1.82) is 0 Å². The van der Waals surface area contributed by atoms with E-state index in [2.05, 4.69) is 4.98 Å². The molecule has 1 aromatic heterocycles. The first-order valence-electron chi connectivity index (χ1n) is 4.76.